The second kappa shape index (κ2) is 5.73. The number of carboxylic acids is 1. The molecule has 0 fully saturated rings. The van der Waals surface area contributed by atoms with Gasteiger partial charge >= 0.3 is 5.97 Å². The second-order valence-corrected chi connectivity index (χ2v) is 4.25. The maximum atomic E-state index is 10.9. The SMILES string of the molecule is COCCc1c(Cl)cc(Cl)c(C(=O)O)c1Cl. The van der Waals surface area contributed by atoms with Crippen LogP contribution in [0.25, 0.3) is 0 Å². The smallest absolute Gasteiger partial charge is 0.338 e. The minimum absolute atomic E-state index is 0.0312. The van der Waals surface area contributed by atoms with Crippen molar-refractivity contribution >= 4 is 40.8 Å². The highest BCUT2D eigenvalue weighted by Crippen LogP contribution is 2.34. The molecule has 0 unspecified atom stereocenters. The van der Waals surface area contributed by atoms with E-state index in [9.17, 15) is 4.79 Å². The van der Waals surface area contributed by atoms with E-state index in [0.29, 0.717) is 23.6 Å². The van der Waals surface area contributed by atoms with E-state index in [1.165, 1.54) is 13.2 Å². The van der Waals surface area contributed by atoms with Crippen LogP contribution >= 0.6 is 34.8 Å². The fourth-order valence-electron chi connectivity index (χ4n) is 1.26. The molecule has 0 aromatic heterocycles. The molecule has 6 heteroatoms. The maximum absolute atomic E-state index is 10.9. The van der Waals surface area contributed by atoms with Crippen molar-refractivity contribution in [2.45, 2.75) is 6.42 Å². The molecule has 1 aromatic rings. The van der Waals surface area contributed by atoms with E-state index in [2.05, 4.69) is 0 Å². The number of carboxylic acid groups (broad SMARTS) is 1. The predicted molar refractivity (Wildman–Crippen MR) is 64.0 cm³/mol. The van der Waals surface area contributed by atoms with Crippen LogP contribution in [0.3, 0.4) is 0 Å². The molecule has 3 nitrogen and oxygen atoms in total. The van der Waals surface area contributed by atoms with Gasteiger partial charge < -0.3 is 9.84 Å². The zero-order valence-electron chi connectivity index (χ0n) is 8.39. The Balaban J connectivity index is 3.27. The number of carbonyl (C=O) groups is 1. The molecule has 0 heterocycles. The molecule has 1 rings (SSSR count). The summed E-state index contributed by atoms with van der Waals surface area (Å²) in [5.74, 6) is -1.18. The Kier molecular flexibility index (Phi) is 4.87. The van der Waals surface area contributed by atoms with Crippen LogP contribution in [-0.2, 0) is 11.2 Å². The van der Waals surface area contributed by atoms with Crippen molar-refractivity contribution in [1.82, 2.24) is 0 Å². The largest absolute Gasteiger partial charge is 0.478 e. The Labute approximate surface area is 108 Å². The first-order chi connectivity index (χ1) is 7.49. The van der Waals surface area contributed by atoms with Gasteiger partial charge in [0, 0.05) is 12.1 Å². The molecule has 0 atom stereocenters. The highest BCUT2D eigenvalue weighted by Gasteiger charge is 2.19. The van der Waals surface area contributed by atoms with Crippen molar-refractivity contribution in [3.05, 3.63) is 32.3 Å². The van der Waals surface area contributed by atoms with E-state index in [1.807, 2.05) is 0 Å². The first kappa shape index (κ1) is 13.6. The normalized spacial score (nSPS) is 10.5. The summed E-state index contributed by atoms with van der Waals surface area (Å²) in [4.78, 5) is 10.9. The number of aromatic carboxylic acids is 1. The molecule has 1 aromatic carbocycles. The molecule has 0 saturated heterocycles. The number of benzene rings is 1. The number of halogens is 3. The van der Waals surface area contributed by atoms with Crippen LogP contribution in [0.15, 0.2) is 6.07 Å². The molecule has 16 heavy (non-hydrogen) atoms. The quantitative estimate of drug-likeness (QED) is 0.919. The molecule has 0 aliphatic rings. The predicted octanol–water partition coefficient (Wildman–Crippen LogP) is 3.53. The molecule has 0 radical (unpaired) electrons. The van der Waals surface area contributed by atoms with Crippen molar-refractivity contribution in [1.29, 1.82) is 0 Å². The molecule has 0 bridgehead atoms. The number of methoxy groups -OCH3 is 1. The topological polar surface area (TPSA) is 46.5 Å². The summed E-state index contributed by atoms with van der Waals surface area (Å²) in [6, 6.07) is 1.38. The zero-order valence-corrected chi connectivity index (χ0v) is 10.7. The molecular formula is C10H9Cl3O3. The Morgan fingerprint density at radius 3 is 2.50 bits per heavy atom. The van der Waals surface area contributed by atoms with Gasteiger partial charge in [0.1, 0.15) is 0 Å². The Morgan fingerprint density at radius 2 is 2.00 bits per heavy atom. The molecule has 0 aliphatic heterocycles. The number of rotatable bonds is 4. The number of hydrogen-bond acceptors (Lipinski definition) is 2. The Bertz CT molecular complexity index is 418. The minimum atomic E-state index is -1.18. The van der Waals surface area contributed by atoms with Crippen LogP contribution in [0.1, 0.15) is 15.9 Å². The van der Waals surface area contributed by atoms with Crippen LogP contribution in [0.5, 0.6) is 0 Å². The average molecular weight is 284 g/mol. The molecule has 0 spiro atoms. The zero-order chi connectivity index (χ0) is 12.3. The summed E-state index contributed by atoms with van der Waals surface area (Å²) in [5.41, 5.74) is 0.408. The molecule has 0 saturated carbocycles. The maximum Gasteiger partial charge on any atom is 0.338 e. The summed E-state index contributed by atoms with van der Waals surface area (Å²) in [6.45, 7) is 0.403. The van der Waals surface area contributed by atoms with Crippen LogP contribution in [0.4, 0.5) is 0 Å². The summed E-state index contributed by atoms with van der Waals surface area (Å²) in [6.07, 6.45) is 0.436. The lowest BCUT2D eigenvalue weighted by Crippen LogP contribution is -2.04. The van der Waals surface area contributed by atoms with E-state index < -0.39 is 5.97 Å². The lowest BCUT2D eigenvalue weighted by molar-refractivity contribution is 0.0697. The summed E-state index contributed by atoms with van der Waals surface area (Å²) in [7, 11) is 1.54. The summed E-state index contributed by atoms with van der Waals surface area (Å²) in [5, 5.41) is 9.39. The first-order valence-electron chi connectivity index (χ1n) is 4.37. The van der Waals surface area contributed by atoms with E-state index in [0.717, 1.165) is 0 Å². The first-order valence-corrected chi connectivity index (χ1v) is 5.51. The lowest BCUT2D eigenvalue weighted by Gasteiger charge is -2.10. The highest BCUT2D eigenvalue weighted by atomic mass is 35.5. The van der Waals surface area contributed by atoms with Gasteiger partial charge in [0.2, 0.25) is 0 Å². The standard InChI is InChI=1S/C10H9Cl3O3/c1-16-3-2-5-6(11)4-7(12)8(9(5)13)10(14)15/h4H,2-3H2,1H3,(H,14,15). The van der Waals surface area contributed by atoms with Crippen LogP contribution in [-0.4, -0.2) is 24.8 Å². The third-order valence-corrected chi connectivity index (χ3v) is 3.09. The van der Waals surface area contributed by atoms with Crippen molar-refractivity contribution in [2.24, 2.45) is 0 Å². The Hall–Kier alpha value is -0.480. The molecule has 88 valence electrons. The van der Waals surface area contributed by atoms with Gasteiger partial charge in [-0.05, 0) is 18.1 Å². The van der Waals surface area contributed by atoms with Crippen molar-refractivity contribution < 1.29 is 14.6 Å². The van der Waals surface area contributed by atoms with Gasteiger partial charge in [-0.2, -0.15) is 0 Å². The van der Waals surface area contributed by atoms with Gasteiger partial charge in [-0.1, -0.05) is 34.8 Å². The molecule has 1 N–H and O–H groups in total. The molecule has 0 amide bonds. The summed E-state index contributed by atoms with van der Waals surface area (Å²) < 4.78 is 4.89. The molecular weight excluding hydrogens is 274 g/mol. The van der Waals surface area contributed by atoms with E-state index in [1.54, 1.807) is 0 Å². The fraction of sp³-hybridized carbons (Fsp3) is 0.300. The van der Waals surface area contributed by atoms with E-state index in [4.69, 9.17) is 44.6 Å². The van der Waals surface area contributed by atoms with Crippen molar-refractivity contribution in [2.75, 3.05) is 13.7 Å². The van der Waals surface area contributed by atoms with Gasteiger partial charge in [-0.15, -0.1) is 0 Å². The van der Waals surface area contributed by atoms with Gasteiger partial charge in [0.15, 0.2) is 0 Å². The summed E-state index contributed by atoms with van der Waals surface area (Å²) >= 11 is 17.6. The number of ether oxygens (including phenoxy) is 1. The second-order valence-electron chi connectivity index (χ2n) is 3.06. The fourth-order valence-corrected chi connectivity index (χ4v) is 2.37. The van der Waals surface area contributed by atoms with E-state index in [-0.39, 0.29) is 15.6 Å². The van der Waals surface area contributed by atoms with Crippen LogP contribution < -0.4 is 0 Å². The number of hydrogen-bond donors (Lipinski definition) is 1. The lowest BCUT2D eigenvalue weighted by atomic mass is 10.1. The van der Waals surface area contributed by atoms with Gasteiger partial charge in [-0.3, -0.25) is 0 Å². The van der Waals surface area contributed by atoms with Crippen molar-refractivity contribution in [3.8, 4) is 0 Å². The van der Waals surface area contributed by atoms with E-state index >= 15 is 0 Å². The molecule has 0 aliphatic carbocycles. The van der Waals surface area contributed by atoms with Crippen molar-refractivity contribution in [3.63, 3.8) is 0 Å². The van der Waals surface area contributed by atoms with Gasteiger partial charge in [-0.25, -0.2) is 4.79 Å². The van der Waals surface area contributed by atoms with Crippen LogP contribution in [0, 0.1) is 0 Å². The van der Waals surface area contributed by atoms with Gasteiger partial charge in [0.25, 0.3) is 0 Å². The third-order valence-electron chi connectivity index (χ3n) is 2.04. The average Bonchev–Trinajstić information content (AvgIpc) is 2.16. The highest BCUT2D eigenvalue weighted by molar-refractivity contribution is 6.42. The monoisotopic (exact) mass is 282 g/mol. The third kappa shape index (κ3) is 2.80. The Morgan fingerprint density at radius 1 is 1.38 bits per heavy atom. The van der Waals surface area contributed by atoms with Crippen LogP contribution in [0.2, 0.25) is 15.1 Å². The van der Waals surface area contributed by atoms with Gasteiger partial charge in [0.05, 0.1) is 22.2 Å². The minimum Gasteiger partial charge on any atom is -0.478 e.